The van der Waals surface area contributed by atoms with Crippen LogP contribution in [0.3, 0.4) is 0 Å². The van der Waals surface area contributed by atoms with Crippen LogP contribution >= 0.6 is 0 Å². The molecule has 0 spiro atoms. The number of hydrogen-bond donors (Lipinski definition) is 0. The first-order valence-corrected chi connectivity index (χ1v) is 5.30. The first-order chi connectivity index (χ1) is 7.29. The number of rotatable bonds is 2. The molecule has 0 N–H and O–H groups in total. The Balaban J connectivity index is 2.49. The second-order valence-electron chi connectivity index (χ2n) is 3.80. The lowest BCUT2D eigenvalue weighted by atomic mass is 10.0. The van der Waals surface area contributed by atoms with Crippen molar-refractivity contribution in [2.24, 2.45) is 0 Å². The first kappa shape index (κ1) is 9.91. The van der Waals surface area contributed by atoms with Crippen LogP contribution in [0.5, 0.6) is 0 Å². The van der Waals surface area contributed by atoms with E-state index >= 15 is 0 Å². The van der Waals surface area contributed by atoms with E-state index in [-0.39, 0.29) is 0 Å². The molecule has 0 aliphatic carbocycles. The van der Waals surface area contributed by atoms with E-state index in [0.29, 0.717) is 0 Å². The summed E-state index contributed by atoms with van der Waals surface area (Å²) in [6, 6.07) is 10.8. The zero-order chi connectivity index (χ0) is 10.7. The van der Waals surface area contributed by atoms with Crippen molar-refractivity contribution in [2.75, 3.05) is 0 Å². The molecule has 0 amide bonds. The Kier molecular flexibility index (Phi) is 2.82. The number of aryl methyl sites for hydroxylation is 2. The summed E-state index contributed by atoms with van der Waals surface area (Å²) >= 11 is 0. The van der Waals surface area contributed by atoms with Gasteiger partial charge in [-0.25, -0.2) is 0 Å². The maximum absolute atomic E-state index is 4.15. The molecule has 1 heterocycles. The Bertz CT molecular complexity index is 446. The van der Waals surface area contributed by atoms with Crippen LogP contribution in [0.4, 0.5) is 0 Å². The van der Waals surface area contributed by atoms with Crippen LogP contribution in [0.25, 0.3) is 11.1 Å². The largest absolute Gasteiger partial charge is 0.264 e. The molecule has 0 unspecified atom stereocenters. The van der Waals surface area contributed by atoms with Gasteiger partial charge < -0.3 is 0 Å². The Morgan fingerprint density at radius 1 is 1.13 bits per heavy atom. The molecule has 15 heavy (non-hydrogen) atoms. The minimum atomic E-state index is 1.08. The minimum Gasteiger partial charge on any atom is -0.264 e. The molecule has 1 heteroatoms. The third-order valence-electron chi connectivity index (χ3n) is 2.54. The molecular weight excluding hydrogens is 182 g/mol. The van der Waals surface area contributed by atoms with Crippen LogP contribution in [-0.4, -0.2) is 4.98 Å². The molecule has 0 fully saturated rings. The summed E-state index contributed by atoms with van der Waals surface area (Å²) < 4.78 is 0. The predicted octanol–water partition coefficient (Wildman–Crippen LogP) is 3.62. The van der Waals surface area contributed by atoms with Crippen molar-refractivity contribution in [3.8, 4) is 11.1 Å². The quantitative estimate of drug-likeness (QED) is 0.716. The second-order valence-corrected chi connectivity index (χ2v) is 3.80. The van der Waals surface area contributed by atoms with Gasteiger partial charge in [-0.1, -0.05) is 36.8 Å². The lowest BCUT2D eigenvalue weighted by molar-refractivity contribution is 1.13. The van der Waals surface area contributed by atoms with Gasteiger partial charge in [0, 0.05) is 18.0 Å². The molecule has 0 saturated heterocycles. The van der Waals surface area contributed by atoms with E-state index in [2.05, 4.69) is 43.1 Å². The lowest BCUT2D eigenvalue weighted by Crippen LogP contribution is -1.86. The fraction of sp³-hybridized carbons (Fsp3) is 0.214. The molecule has 0 aliphatic rings. The molecule has 0 bridgehead atoms. The van der Waals surface area contributed by atoms with Crippen molar-refractivity contribution in [3.05, 3.63) is 53.9 Å². The van der Waals surface area contributed by atoms with E-state index in [0.717, 1.165) is 6.42 Å². The summed E-state index contributed by atoms with van der Waals surface area (Å²) in [6.07, 6.45) is 4.79. The summed E-state index contributed by atoms with van der Waals surface area (Å²) in [5.41, 5.74) is 5.15. The third kappa shape index (κ3) is 2.24. The molecule has 0 saturated carbocycles. The monoisotopic (exact) mass is 197 g/mol. The minimum absolute atomic E-state index is 1.08. The van der Waals surface area contributed by atoms with Gasteiger partial charge in [0.05, 0.1) is 0 Å². The van der Waals surface area contributed by atoms with E-state index in [9.17, 15) is 0 Å². The highest BCUT2D eigenvalue weighted by molar-refractivity contribution is 5.64. The van der Waals surface area contributed by atoms with Crippen LogP contribution in [0.2, 0.25) is 0 Å². The summed E-state index contributed by atoms with van der Waals surface area (Å²) in [5, 5.41) is 0. The maximum Gasteiger partial charge on any atom is 0.0346 e. The molecule has 2 aromatic rings. The zero-order valence-electron chi connectivity index (χ0n) is 9.20. The van der Waals surface area contributed by atoms with Gasteiger partial charge in [-0.15, -0.1) is 0 Å². The van der Waals surface area contributed by atoms with E-state index in [1.54, 1.807) is 6.20 Å². The van der Waals surface area contributed by atoms with Gasteiger partial charge in [-0.05, 0) is 30.5 Å². The Hall–Kier alpha value is -1.63. The number of benzene rings is 1. The summed E-state index contributed by atoms with van der Waals surface area (Å²) in [7, 11) is 0. The number of hydrogen-bond acceptors (Lipinski definition) is 1. The van der Waals surface area contributed by atoms with Gasteiger partial charge in [0.1, 0.15) is 0 Å². The Labute approximate surface area is 90.8 Å². The van der Waals surface area contributed by atoms with E-state index < -0.39 is 0 Å². The molecule has 76 valence electrons. The fourth-order valence-corrected chi connectivity index (χ4v) is 1.77. The molecule has 0 atom stereocenters. The molecule has 0 radical (unpaired) electrons. The van der Waals surface area contributed by atoms with Gasteiger partial charge in [-0.2, -0.15) is 0 Å². The number of aromatic nitrogens is 1. The smallest absolute Gasteiger partial charge is 0.0346 e. The highest BCUT2D eigenvalue weighted by Gasteiger charge is 1.99. The zero-order valence-corrected chi connectivity index (χ0v) is 9.20. The summed E-state index contributed by atoms with van der Waals surface area (Å²) in [4.78, 5) is 4.15. The summed E-state index contributed by atoms with van der Waals surface area (Å²) in [6.45, 7) is 4.32. The number of pyridine rings is 1. The second kappa shape index (κ2) is 4.26. The van der Waals surface area contributed by atoms with E-state index in [1.165, 1.54) is 22.3 Å². The van der Waals surface area contributed by atoms with Crippen LogP contribution in [0, 0.1) is 6.92 Å². The van der Waals surface area contributed by atoms with Crippen LogP contribution in [0.15, 0.2) is 42.7 Å². The van der Waals surface area contributed by atoms with Gasteiger partial charge in [-0.3, -0.25) is 4.98 Å². The predicted molar refractivity (Wildman–Crippen MR) is 63.8 cm³/mol. The Morgan fingerprint density at radius 2 is 2.00 bits per heavy atom. The van der Waals surface area contributed by atoms with Crippen molar-refractivity contribution in [1.29, 1.82) is 0 Å². The summed E-state index contributed by atoms with van der Waals surface area (Å²) in [5.74, 6) is 0. The van der Waals surface area contributed by atoms with Gasteiger partial charge in [0.15, 0.2) is 0 Å². The average molecular weight is 197 g/mol. The normalized spacial score (nSPS) is 10.3. The molecule has 0 aliphatic heterocycles. The van der Waals surface area contributed by atoms with Gasteiger partial charge in [0.25, 0.3) is 0 Å². The first-order valence-electron chi connectivity index (χ1n) is 5.30. The van der Waals surface area contributed by atoms with E-state index in [1.807, 2.05) is 12.3 Å². The molecule has 1 aromatic carbocycles. The maximum atomic E-state index is 4.15. The van der Waals surface area contributed by atoms with Crippen LogP contribution in [0.1, 0.15) is 18.1 Å². The number of nitrogens with zero attached hydrogens (tertiary/aromatic N) is 1. The fourth-order valence-electron chi connectivity index (χ4n) is 1.77. The highest BCUT2D eigenvalue weighted by atomic mass is 14.6. The van der Waals surface area contributed by atoms with Crippen molar-refractivity contribution in [2.45, 2.75) is 20.3 Å². The van der Waals surface area contributed by atoms with Crippen LogP contribution < -0.4 is 0 Å². The van der Waals surface area contributed by atoms with Gasteiger partial charge >= 0.3 is 0 Å². The average Bonchev–Trinajstić information content (AvgIpc) is 2.29. The van der Waals surface area contributed by atoms with Gasteiger partial charge in [0.2, 0.25) is 0 Å². The molecule has 1 aromatic heterocycles. The van der Waals surface area contributed by atoms with Crippen molar-refractivity contribution >= 4 is 0 Å². The van der Waals surface area contributed by atoms with E-state index in [4.69, 9.17) is 0 Å². The van der Waals surface area contributed by atoms with Crippen molar-refractivity contribution in [3.63, 3.8) is 0 Å². The van der Waals surface area contributed by atoms with Crippen molar-refractivity contribution < 1.29 is 0 Å². The van der Waals surface area contributed by atoms with Crippen LogP contribution in [-0.2, 0) is 6.42 Å². The highest BCUT2D eigenvalue weighted by Crippen LogP contribution is 2.21. The molecule has 2 rings (SSSR count). The third-order valence-corrected chi connectivity index (χ3v) is 2.54. The molecular formula is C14H15N. The Morgan fingerprint density at radius 3 is 2.67 bits per heavy atom. The lowest BCUT2D eigenvalue weighted by Gasteiger charge is -2.05. The molecule has 1 nitrogen and oxygen atoms in total. The SMILES string of the molecule is CCc1cc(C)cc(-c2cccnc2)c1. The standard InChI is InChI=1S/C14H15N/c1-3-12-7-11(2)8-14(9-12)13-5-4-6-15-10-13/h4-10H,3H2,1-2H3. The van der Waals surface area contributed by atoms with Crippen molar-refractivity contribution in [1.82, 2.24) is 4.98 Å². The topological polar surface area (TPSA) is 12.9 Å².